The van der Waals surface area contributed by atoms with Gasteiger partial charge in [-0.2, -0.15) is 0 Å². The Balaban J connectivity index is 1.26. The van der Waals surface area contributed by atoms with Gasteiger partial charge in [-0.3, -0.25) is 9.69 Å². The SMILES string of the molecule is CCc1nc(C(C)NC(=O)CN2Cc3ccc(-c4nc(NC5CCOCC5)ncc4Cl)cc3C2O)cs1. The van der Waals surface area contributed by atoms with Crippen molar-refractivity contribution in [3.8, 4) is 11.3 Å². The first-order valence-electron chi connectivity index (χ1n) is 12.6. The molecule has 2 aromatic heterocycles. The Morgan fingerprint density at radius 3 is 2.89 bits per heavy atom. The number of aryl methyl sites for hydroxylation is 1. The van der Waals surface area contributed by atoms with E-state index in [-0.39, 0.29) is 24.5 Å². The highest BCUT2D eigenvalue weighted by Gasteiger charge is 2.31. The number of fused-ring (bicyclic) bond motifs is 1. The summed E-state index contributed by atoms with van der Waals surface area (Å²) in [7, 11) is 0. The van der Waals surface area contributed by atoms with Crippen LogP contribution in [-0.2, 0) is 22.5 Å². The summed E-state index contributed by atoms with van der Waals surface area (Å²) in [4.78, 5) is 28.1. The zero-order valence-corrected chi connectivity index (χ0v) is 22.5. The molecule has 0 bridgehead atoms. The van der Waals surface area contributed by atoms with Gasteiger partial charge in [0.25, 0.3) is 0 Å². The van der Waals surface area contributed by atoms with E-state index in [4.69, 9.17) is 16.3 Å². The molecule has 5 rings (SSSR count). The predicted octanol–water partition coefficient (Wildman–Crippen LogP) is 4.09. The molecule has 1 fully saturated rings. The molecular formula is C26H31ClN6O3S. The Morgan fingerprint density at radius 1 is 1.32 bits per heavy atom. The Morgan fingerprint density at radius 2 is 2.14 bits per heavy atom. The van der Waals surface area contributed by atoms with Gasteiger partial charge in [0.1, 0.15) is 6.23 Å². The molecule has 0 spiro atoms. The Hall–Kier alpha value is -2.63. The van der Waals surface area contributed by atoms with Gasteiger partial charge >= 0.3 is 0 Å². The molecule has 196 valence electrons. The van der Waals surface area contributed by atoms with Crippen molar-refractivity contribution in [3.63, 3.8) is 0 Å². The number of nitrogens with one attached hydrogen (secondary N) is 2. The van der Waals surface area contributed by atoms with E-state index in [1.54, 1.807) is 22.4 Å². The van der Waals surface area contributed by atoms with E-state index < -0.39 is 6.23 Å². The predicted molar refractivity (Wildman–Crippen MR) is 143 cm³/mol. The molecule has 2 atom stereocenters. The lowest BCUT2D eigenvalue weighted by Gasteiger charge is -2.23. The van der Waals surface area contributed by atoms with E-state index in [1.165, 1.54) is 0 Å². The molecule has 2 aliphatic rings. The lowest BCUT2D eigenvalue weighted by Crippen LogP contribution is -2.37. The minimum absolute atomic E-state index is 0.0771. The van der Waals surface area contributed by atoms with Crippen LogP contribution in [0.4, 0.5) is 5.95 Å². The first-order valence-corrected chi connectivity index (χ1v) is 13.8. The van der Waals surface area contributed by atoms with Gasteiger partial charge in [0, 0.05) is 42.3 Å². The van der Waals surface area contributed by atoms with E-state index >= 15 is 0 Å². The summed E-state index contributed by atoms with van der Waals surface area (Å²) in [5.41, 5.74) is 3.96. The van der Waals surface area contributed by atoms with Gasteiger partial charge in [-0.15, -0.1) is 11.3 Å². The van der Waals surface area contributed by atoms with Crippen molar-refractivity contribution >= 4 is 34.8 Å². The number of aromatic nitrogens is 3. The first kappa shape index (κ1) is 26.0. The standard InChI is InChI=1S/C26H31ClN6O3S/c1-3-23-31-21(14-37-23)15(2)29-22(34)13-33-12-17-5-4-16(10-19(17)25(33)35)24-20(27)11-28-26(32-24)30-18-6-8-36-9-7-18/h4-5,10-11,14-15,18,25,35H,3,6-9,12-13H2,1-2H3,(H,29,34)(H,28,30,32). The largest absolute Gasteiger partial charge is 0.381 e. The Labute approximate surface area is 225 Å². The lowest BCUT2D eigenvalue weighted by atomic mass is 10.0. The molecule has 0 radical (unpaired) electrons. The second-order valence-electron chi connectivity index (χ2n) is 9.42. The summed E-state index contributed by atoms with van der Waals surface area (Å²) in [5.74, 6) is 0.360. The average Bonchev–Trinajstić information content (AvgIpc) is 3.50. The maximum absolute atomic E-state index is 12.8. The molecule has 3 aromatic rings. The normalized spacial score (nSPS) is 19.0. The quantitative estimate of drug-likeness (QED) is 0.390. The van der Waals surface area contributed by atoms with Crippen molar-refractivity contribution in [3.05, 3.63) is 56.6 Å². The second kappa shape index (κ2) is 11.4. The fourth-order valence-electron chi connectivity index (χ4n) is 4.67. The molecule has 9 nitrogen and oxygen atoms in total. The summed E-state index contributed by atoms with van der Waals surface area (Å²) < 4.78 is 5.42. The minimum Gasteiger partial charge on any atom is -0.381 e. The number of carbonyl (C=O) groups is 1. The van der Waals surface area contributed by atoms with Crippen molar-refractivity contribution in [2.75, 3.05) is 25.1 Å². The molecule has 3 N–H and O–H groups in total. The van der Waals surface area contributed by atoms with Crippen molar-refractivity contribution in [1.29, 1.82) is 0 Å². The van der Waals surface area contributed by atoms with Crippen LogP contribution in [-0.4, -0.2) is 56.7 Å². The molecule has 11 heteroatoms. The number of ether oxygens (including phenoxy) is 1. The highest BCUT2D eigenvalue weighted by molar-refractivity contribution is 7.09. The number of amides is 1. The molecule has 4 heterocycles. The van der Waals surface area contributed by atoms with Gasteiger partial charge < -0.3 is 20.5 Å². The first-order chi connectivity index (χ1) is 17.9. The summed E-state index contributed by atoms with van der Waals surface area (Å²) in [6.45, 7) is 5.98. The summed E-state index contributed by atoms with van der Waals surface area (Å²) in [6, 6.07) is 5.86. The van der Waals surface area contributed by atoms with Crippen LogP contribution in [0.15, 0.2) is 29.8 Å². The van der Waals surface area contributed by atoms with E-state index in [1.807, 2.05) is 30.5 Å². The maximum Gasteiger partial charge on any atom is 0.234 e. The van der Waals surface area contributed by atoms with Crippen molar-refractivity contribution in [2.45, 2.75) is 58.0 Å². The molecular weight excluding hydrogens is 512 g/mol. The van der Waals surface area contributed by atoms with Crippen molar-refractivity contribution in [1.82, 2.24) is 25.2 Å². The molecule has 0 saturated carbocycles. The fourth-order valence-corrected chi connectivity index (χ4v) is 5.70. The Bertz CT molecular complexity index is 1260. The van der Waals surface area contributed by atoms with E-state index in [0.717, 1.165) is 59.9 Å². The smallest absolute Gasteiger partial charge is 0.234 e. The monoisotopic (exact) mass is 542 g/mol. The van der Waals surface area contributed by atoms with Gasteiger partial charge in [-0.25, -0.2) is 15.0 Å². The van der Waals surface area contributed by atoms with E-state index in [2.05, 4.69) is 32.5 Å². The van der Waals surface area contributed by atoms with Crippen LogP contribution < -0.4 is 10.6 Å². The summed E-state index contributed by atoms with van der Waals surface area (Å²) in [5, 5.41) is 20.9. The topological polar surface area (TPSA) is 113 Å². The zero-order chi connectivity index (χ0) is 25.9. The number of hydrogen-bond donors (Lipinski definition) is 3. The Kier molecular flexibility index (Phi) is 8.01. The van der Waals surface area contributed by atoms with Gasteiger partial charge in [-0.1, -0.05) is 30.7 Å². The number of nitrogens with zero attached hydrogens (tertiary/aromatic N) is 4. The molecule has 0 aliphatic carbocycles. The average molecular weight is 543 g/mol. The third kappa shape index (κ3) is 5.94. The summed E-state index contributed by atoms with van der Waals surface area (Å²) in [6.07, 6.45) is 3.37. The number of aliphatic hydroxyl groups excluding tert-OH is 1. The molecule has 2 unspecified atom stereocenters. The van der Waals surface area contributed by atoms with Crippen LogP contribution in [0.5, 0.6) is 0 Å². The van der Waals surface area contributed by atoms with E-state index in [9.17, 15) is 9.90 Å². The second-order valence-corrected chi connectivity index (χ2v) is 10.8. The molecule has 1 saturated heterocycles. The number of benzene rings is 1. The zero-order valence-electron chi connectivity index (χ0n) is 20.9. The highest BCUT2D eigenvalue weighted by atomic mass is 35.5. The van der Waals surface area contributed by atoms with Crippen LogP contribution >= 0.6 is 22.9 Å². The van der Waals surface area contributed by atoms with Crippen molar-refractivity contribution < 1.29 is 14.6 Å². The molecule has 1 aromatic carbocycles. The van der Waals surface area contributed by atoms with E-state index in [0.29, 0.717) is 23.2 Å². The number of rotatable bonds is 8. The van der Waals surface area contributed by atoms with Gasteiger partial charge in [0.05, 0.1) is 40.2 Å². The lowest BCUT2D eigenvalue weighted by molar-refractivity contribution is -0.125. The van der Waals surface area contributed by atoms with Gasteiger partial charge in [0.15, 0.2) is 0 Å². The van der Waals surface area contributed by atoms with Gasteiger partial charge in [0.2, 0.25) is 11.9 Å². The number of anilines is 1. The third-order valence-corrected chi connectivity index (χ3v) is 8.04. The number of thiazole rings is 1. The third-order valence-electron chi connectivity index (χ3n) is 6.76. The van der Waals surface area contributed by atoms with Crippen LogP contribution in [0.25, 0.3) is 11.3 Å². The minimum atomic E-state index is -0.901. The molecule has 1 amide bonds. The molecule has 37 heavy (non-hydrogen) atoms. The van der Waals surface area contributed by atoms with Gasteiger partial charge in [-0.05, 0) is 37.8 Å². The maximum atomic E-state index is 12.8. The number of carbonyl (C=O) groups excluding carboxylic acids is 1. The van der Waals surface area contributed by atoms with Crippen LogP contribution in [0, 0.1) is 0 Å². The molecule has 2 aliphatic heterocycles. The summed E-state index contributed by atoms with van der Waals surface area (Å²) >= 11 is 8.06. The fraction of sp³-hybridized carbons (Fsp3) is 0.462. The number of aliphatic hydroxyl groups is 1. The van der Waals surface area contributed by atoms with Crippen LogP contribution in [0.2, 0.25) is 5.02 Å². The van der Waals surface area contributed by atoms with Crippen molar-refractivity contribution in [2.24, 2.45) is 0 Å². The highest BCUT2D eigenvalue weighted by Crippen LogP contribution is 2.36. The van der Waals surface area contributed by atoms with Crippen LogP contribution in [0.1, 0.15) is 60.8 Å². The van der Waals surface area contributed by atoms with Crippen LogP contribution in [0.3, 0.4) is 0 Å². The number of hydrogen-bond acceptors (Lipinski definition) is 9. The number of halogens is 1.